The molecule has 184 valence electrons. The molecule has 2 N–H and O–H groups in total. The van der Waals surface area contributed by atoms with Crippen LogP contribution in [0.15, 0.2) is 34.6 Å². The number of nitrogens with one attached hydrogen (secondary N) is 2. The van der Waals surface area contributed by atoms with Gasteiger partial charge in [-0.25, -0.2) is 4.68 Å². The van der Waals surface area contributed by atoms with Gasteiger partial charge in [0.15, 0.2) is 5.82 Å². The van der Waals surface area contributed by atoms with Crippen LogP contribution in [0.4, 0.5) is 22.9 Å². The average molecular weight is 485 g/mol. The highest BCUT2D eigenvalue weighted by Crippen LogP contribution is 2.40. The van der Waals surface area contributed by atoms with E-state index in [9.17, 15) is 5.26 Å². The number of azo groups is 1. The van der Waals surface area contributed by atoms with Crippen molar-refractivity contribution >= 4 is 32.3 Å². The second kappa shape index (κ2) is 12.0. The molecule has 1 unspecified atom stereocenters. The van der Waals surface area contributed by atoms with Crippen molar-refractivity contribution in [3.63, 3.8) is 0 Å². The van der Waals surface area contributed by atoms with Gasteiger partial charge in [0.1, 0.15) is 23.1 Å². The van der Waals surface area contributed by atoms with Gasteiger partial charge < -0.3 is 15.0 Å². The molecule has 2 rings (SSSR count). The van der Waals surface area contributed by atoms with Crippen LogP contribution < -0.4 is 20.0 Å². The number of ether oxygens (including phenoxy) is 1. The number of hydrogen-bond acceptors (Lipinski definition) is 8. The Bertz CT molecular complexity index is 1070. The molecule has 0 fully saturated rings. The first-order chi connectivity index (χ1) is 16.1. The van der Waals surface area contributed by atoms with E-state index in [1.165, 1.54) is 0 Å². The van der Waals surface area contributed by atoms with Gasteiger partial charge in [-0.3, -0.25) is 5.09 Å². The topological polar surface area (TPSA) is 103 Å². The molecule has 1 aromatic heterocycles. The first kappa shape index (κ1) is 27.3. The first-order valence-electron chi connectivity index (χ1n) is 11.4. The summed E-state index contributed by atoms with van der Waals surface area (Å²) in [6.45, 7) is 19.0. The molecule has 1 heterocycles. The van der Waals surface area contributed by atoms with Crippen molar-refractivity contribution in [3.05, 3.63) is 35.7 Å². The van der Waals surface area contributed by atoms with Gasteiger partial charge in [0.2, 0.25) is 0 Å². The predicted octanol–water partition coefficient (Wildman–Crippen LogP) is 5.65. The monoisotopic (exact) mass is 484 g/mol. The number of anilines is 2. The summed E-state index contributed by atoms with van der Waals surface area (Å²) >= 11 is 0. The molecule has 0 radical (unpaired) electrons. The summed E-state index contributed by atoms with van der Waals surface area (Å²) in [7, 11) is 4.12. The highest BCUT2D eigenvalue weighted by Gasteiger charge is 2.27. The Balaban J connectivity index is 2.68. The van der Waals surface area contributed by atoms with E-state index in [0.29, 0.717) is 41.6 Å². The lowest BCUT2D eigenvalue weighted by Gasteiger charge is -2.25. The van der Waals surface area contributed by atoms with Crippen molar-refractivity contribution in [2.24, 2.45) is 10.2 Å². The zero-order valence-electron chi connectivity index (χ0n) is 21.4. The van der Waals surface area contributed by atoms with Crippen molar-refractivity contribution in [2.45, 2.75) is 53.5 Å². The molecule has 0 spiro atoms. The van der Waals surface area contributed by atoms with Crippen molar-refractivity contribution < 1.29 is 4.74 Å². The number of methoxy groups -OCH3 is 1. The minimum atomic E-state index is -0.309. The highest BCUT2D eigenvalue weighted by molar-refractivity contribution is 7.13. The van der Waals surface area contributed by atoms with Crippen LogP contribution in [-0.2, 0) is 12.0 Å². The van der Waals surface area contributed by atoms with Gasteiger partial charge in [-0.05, 0) is 26.8 Å². The lowest BCUT2D eigenvalue weighted by atomic mass is 9.90. The number of nitrogens with zero attached hydrogens (tertiary/aromatic N) is 6. The summed E-state index contributed by atoms with van der Waals surface area (Å²) in [5, 5.41) is 30.0. The zero-order chi connectivity index (χ0) is 25.5. The fraction of sp³-hybridized carbons (Fsp3) is 0.500. The lowest BCUT2D eigenvalue weighted by Crippen LogP contribution is -2.22. The number of allylic oxidation sites excluding steroid dienone is 1. The zero-order valence-corrected chi connectivity index (χ0v) is 22.5. The summed E-state index contributed by atoms with van der Waals surface area (Å²) in [6.07, 6.45) is 0. The number of hydrogen-bond donors (Lipinski definition) is 2. The molecule has 0 saturated heterocycles. The van der Waals surface area contributed by atoms with Crippen LogP contribution in [0.5, 0.6) is 5.75 Å². The molecule has 0 aliphatic carbocycles. The summed E-state index contributed by atoms with van der Waals surface area (Å²) in [5.41, 5.74) is 3.88. The molecule has 0 saturated carbocycles. The fourth-order valence-corrected chi connectivity index (χ4v) is 3.68. The molecule has 0 bridgehead atoms. The van der Waals surface area contributed by atoms with Gasteiger partial charge in [-0.15, -0.1) is 10.2 Å². The van der Waals surface area contributed by atoms with Crippen LogP contribution in [0, 0.1) is 11.3 Å². The third-order valence-electron chi connectivity index (χ3n) is 5.22. The van der Waals surface area contributed by atoms with Crippen molar-refractivity contribution in [1.29, 1.82) is 5.26 Å². The van der Waals surface area contributed by atoms with E-state index in [1.54, 1.807) is 11.8 Å². The normalized spacial score (nSPS) is 11.5. The van der Waals surface area contributed by atoms with E-state index >= 15 is 0 Å². The van der Waals surface area contributed by atoms with E-state index in [4.69, 9.17) is 9.84 Å². The maximum atomic E-state index is 9.93. The van der Waals surface area contributed by atoms with Crippen molar-refractivity contribution in [2.75, 3.05) is 37.0 Å². The molecule has 9 nitrogen and oxygen atoms in total. The lowest BCUT2D eigenvalue weighted by molar-refractivity contribution is 0.414. The van der Waals surface area contributed by atoms with Gasteiger partial charge in [-0.2, -0.15) is 10.4 Å². The maximum Gasteiger partial charge on any atom is 0.191 e. The molecule has 0 amide bonds. The quantitative estimate of drug-likeness (QED) is 0.316. The SMILES string of the molecule is C=C(C)Nc1cc(N(CC)CC)c(OC)cc1N=Nc1c(C#N)c(C(C)(C)C)nn1CCNP. The van der Waals surface area contributed by atoms with Crippen LogP contribution in [0.25, 0.3) is 0 Å². The molecule has 0 aliphatic heterocycles. The molecule has 1 atom stereocenters. The van der Waals surface area contributed by atoms with E-state index in [0.717, 1.165) is 30.2 Å². The van der Waals surface area contributed by atoms with Crippen LogP contribution in [-0.4, -0.2) is 36.5 Å². The standard InChI is InChI=1S/C24H37N8OP/c1-9-31(10-2)20-13-18(27-16(3)4)19(14-21(20)33-8)28-29-23-17(15-25)22(24(5,6)7)30-32(23)12-11-26-34/h13-14,26-27H,3,9-12,34H2,1-2,4-8H3. The van der Waals surface area contributed by atoms with Gasteiger partial charge in [0, 0.05) is 36.8 Å². The Morgan fingerprint density at radius 3 is 2.47 bits per heavy atom. The summed E-state index contributed by atoms with van der Waals surface area (Å²) in [6, 6.07) is 6.14. The first-order valence-corrected chi connectivity index (χ1v) is 11.9. The number of rotatable bonds is 11. The molecule has 34 heavy (non-hydrogen) atoms. The maximum absolute atomic E-state index is 9.93. The Labute approximate surface area is 205 Å². The third kappa shape index (κ3) is 6.34. The molecule has 0 aliphatic rings. The van der Waals surface area contributed by atoms with E-state index < -0.39 is 0 Å². The van der Waals surface area contributed by atoms with Gasteiger partial charge in [0.05, 0.1) is 30.7 Å². The van der Waals surface area contributed by atoms with Crippen LogP contribution in [0.1, 0.15) is 52.8 Å². The number of benzene rings is 1. The highest BCUT2D eigenvalue weighted by atomic mass is 31.0. The van der Waals surface area contributed by atoms with Crippen molar-refractivity contribution in [1.82, 2.24) is 14.9 Å². The van der Waals surface area contributed by atoms with E-state index in [1.807, 2.05) is 39.8 Å². The van der Waals surface area contributed by atoms with Crippen LogP contribution in [0.2, 0.25) is 0 Å². The Morgan fingerprint density at radius 1 is 1.29 bits per heavy atom. The molecular formula is C24H37N8OP. The average Bonchev–Trinajstić information content (AvgIpc) is 3.15. The summed E-state index contributed by atoms with van der Waals surface area (Å²) in [5.74, 6) is 1.13. The Kier molecular flexibility index (Phi) is 9.60. The molecule has 10 heteroatoms. The minimum absolute atomic E-state index is 0.309. The molecule has 1 aromatic carbocycles. The van der Waals surface area contributed by atoms with Crippen molar-refractivity contribution in [3.8, 4) is 11.8 Å². The van der Waals surface area contributed by atoms with Gasteiger partial charge >= 0.3 is 0 Å². The second-order valence-corrected chi connectivity index (χ2v) is 9.31. The molecule has 2 aromatic rings. The largest absolute Gasteiger partial charge is 0.494 e. The van der Waals surface area contributed by atoms with Gasteiger partial charge in [-0.1, -0.05) is 36.7 Å². The third-order valence-corrected chi connectivity index (χ3v) is 5.51. The van der Waals surface area contributed by atoms with E-state index in [2.05, 4.69) is 61.4 Å². The van der Waals surface area contributed by atoms with Crippen LogP contribution >= 0.6 is 9.39 Å². The van der Waals surface area contributed by atoms with Gasteiger partial charge in [0.25, 0.3) is 0 Å². The number of nitriles is 1. The summed E-state index contributed by atoms with van der Waals surface area (Å²) in [4.78, 5) is 2.21. The smallest absolute Gasteiger partial charge is 0.191 e. The second-order valence-electron chi connectivity index (χ2n) is 8.91. The Hall–Kier alpha value is -2.95. The van der Waals surface area contributed by atoms with E-state index in [-0.39, 0.29) is 5.41 Å². The van der Waals surface area contributed by atoms with Crippen LogP contribution in [0.3, 0.4) is 0 Å². The predicted molar refractivity (Wildman–Crippen MR) is 143 cm³/mol. The molecular weight excluding hydrogens is 447 g/mol. The summed E-state index contributed by atoms with van der Waals surface area (Å²) < 4.78 is 7.41. The Morgan fingerprint density at radius 2 is 1.97 bits per heavy atom. The fourth-order valence-electron chi connectivity index (χ4n) is 3.56. The minimum Gasteiger partial charge on any atom is -0.494 e. The number of aromatic nitrogens is 2.